The first-order valence-corrected chi connectivity index (χ1v) is 12.6. The highest BCUT2D eigenvalue weighted by Gasteiger charge is 2.56. The van der Waals surface area contributed by atoms with Crippen molar-refractivity contribution in [1.82, 2.24) is 15.5 Å². The number of hydrogen-bond acceptors (Lipinski definition) is 8. The molecule has 0 radical (unpaired) electrons. The second-order valence-corrected chi connectivity index (χ2v) is 11.0. The summed E-state index contributed by atoms with van der Waals surface area (Å²) in [5, 5.41) is 10.7. The Morgan fingerprint density at radius 3 is 2.68 bits per heavy atom. The monoisotopic (exact) mass is 487 g/mol. The Morgan fingerprint density at radius 2 is 2.03 bits per heavy atom. The molecule has 0 bridgehead atoms. The number of sulfone groups is 1. The summed E-state index contributed by atoms with van der Waals surface area (Å²) in [6.07, 6.45) is 2.14. The Hall–Kier alpha value is -3.02. The maximum atomic E-state index is 14.1. The van der Waals surface area contributed by atoms with Crippen LogP contribution in [0.25, 0.3) is 10.8 Å². The van der Waals surface area contributed by atoms with Gasteiger partial charge in [0.1, 0.15) is 6.23 Å². The molecule has 11 heteroatoms. The van der Waals surface area contributed by atoms with Crippen molar-refractivity contribution in [3.8, 4) is 0 Å². The first kappa shape index (κ1) is 24.1. The van der Waals surface area contributed by atoms with Crippen LogP contribution in [0, 0.1) is 0 Å². The number of hydrogen-bond donors (Lipinski definition) is 3. The van der Waals surface area contributed by atoms with E-state index in [0.717, 1.165) is 18.2 Å². The SMILES string of the molecule is CN(C(=O)C(C)(C(=O)NC1CC1)S(=O)(=O)c1cc(C=NN)c2ccccc2c1)C1CNCCO1. The van der Waals surface area contributed by atoms with Crippen LogP contribution in [0.15, 0.2) is 46.4 Å². The van der Waals surface area contributed by atoms with Crippen LogP contribution in [0.1, 0.15) is 25.3 Å². The highest BCUT2D eigenvalue weighted by molar-refractivity contribution is 7.94. The van der Waals surface area contributed by atoms with Crippen molar-refractivity contribution in [3.63, 3.8) is 0 Å². The molecule has 2 aliphatic rings. The summed E-state index contributed by atoms with van der Waals surface area (Å²) < 4.78 is 31.4. The van der Waals surface area contributed by atoms with Crippen LogP contribution in [0.4, 0.5) is 0 Å². The highest BCUT2D eigenvalue weighted by atomic mass is 32.2. The van der Waals surface area contributed by atoms with E-state index < -0.39 is 32.6 Å². The Morgan fingerprint density at radius 1 is 1.29 bits per heavy atom. The standard InChI is InChI=1S/C23H29N5O5S/c1-23(21(29)27-17-7-8-17,22(30)28(2)20-14-25-9-10-33-20)34(31,32)18-11-15-5-3-4-6-19(15)16(12-18)13-26-24/h3-6,11-13,17,20,25H,7-10,14,24H2,1-2H3,(H,27,29). The molecule has 4 rings (SSSR count). The number of carbonyl (C=O) groups is 2. The molecule has 1 aliphatic carbocycles. The van der Waals surface area contributed by atoms with E-state index in [-0.39, 0.29) is 10.9 Å². The van der Waals surface area contributed by atoms with Crippen LogP contribution in [-0.4, -0.2) is 75.1 Å². The van der Waals surface area contributed by atoms with Gasteiger partial charge in [0.05, 0.1) is 17.7 Å². The van der Waals surface area contributed by atoms with Gasteiger partial charge in [-0.3, -0.25) is 9.59 Å². The smallest absolute Gasteiger partial charge is 0.255 e. The van der Waals surface area contributed by atoms with Crippen molar-refractivity contribution in [2.45, 2.75) is 41.7 Å². The summed E-state index contributed by atoms with van der Waals surface area (Å²) in [6, 6.07) is 9.87. The lowest BCUT2D eigenvalue weighted by atomic mass is 10.1. The summed E-state index contributed by atoms with van der Waals surface area (Å²) in [6.45, 7) is 2.49. The zero-order valence-electron chi connectivity index (χ0n) is 19.2. The molecule has 2 atom stereocenters. The van der Waals surface area contributed by atoms with Gasteiger partial charge >= 0.3 is 0 Å². The molecule has 0 spiro atoms. The van der Waals surface area contributed by atoms with E-state index in [1.54, 1.807) is 12.1 Å². The number of carbonyl (C=O) groups excluding carboxylic acids is 2. The third-order valence-corrected chi connectivity index (χ3v) is 8.63. The molecule has 1 aliphatic heterocycles. The molecular formula is C23H29N5O5S. The van der Waals surface area contributed by atoms with Gasteiger partial charge in [-0.05, 0) is 42.7 Å². The molecule has 1 heterocycles. The van der Waals surface area contributed by atoms with Crippen molar-refractivity contribution >= 4 is 38.6 Å². The Balaban J connectivity index is 1.83. The van der Waals surface area contributed by atoms with E-state index in [1.807, 2.05) is 12.1 Å². The van der Waals surface area contributed by atoms with Gasteiger partial charge < -0.3 is 26.1 Å². The zero-order chi connectivity index (χ0) is 24.5. The number of nitrogens with zero attached hydrogens (tertiary/aromatic N) is 2. The van der Waals surface area contributed by atoms with Crippen LogP contribution in [0.5, 0.6) is 0 Å². The highest BCUT2D eigenvalue weighted by Crippen LogP contribution is 2.33. The maximum absolute atomic E-state index is 14.1. The van der Waals surface area contributed by atoms with E-state index in [2.05, 4.69) is 15.7 Å². The van der Waals surface area contributed by atoms with Gasteiger partial charge in [0.25, 0.3) is 11.8 Å². The van der Waals surface area contributed by atoms with E-state index in [1.165, 1.54) is 37.2 Å². The quantitative estimate of drug-likeness (QED) is 0.221. The average molecular weight is 488 g/mol. The molecule has 1 saturated heterocycles. The van der Waals surface area contributed by atoms with Gasteiger partial charge in [0, 0.05) is 31.7 Å². The Labute approximate surface area is 198 Å². The van der Waals surface area contributed by atoms with Crippen molar-refractivity contribution in [3.05, 3.63) is 42.0 Å². The fraction of sp³-hybridized carbons (Fsp3) is 0.435. The number of nitrogens with one attached hydrogen (secondary N) is 2. The number of hydrazone groups is 1. The van der Waals surface area contributed by atoms with Gasteiger partial charge in [-0.25, -0.2) is 8.42 Å². The normalized spacial score (nSPS) is 20.7. The third-order valence-electron chi connectivity index (χ3n) is 6.34. The number of rotatable bonds is 7. The molecule has 4 N–H and O–H groups in total. The molecule has 1 saturated carbocycles. The lowest BCUT2D eigenvalue weighted by Gasteiger charge is -2.37. The molecule has 2 aromatic rings. The summed E-state index contributed by atoms with van der Waals surface area (Å²) in [5.74, 6) is 3.64. The van der Waals surface area contributed by atoms with Crippen LogP contribution in [0.3, 0.4) is 0 Å². The van der Waals surface area contributed by atoms with Gasteiger partial charge in [-0.2, -0.15) is 5.10 Å². The van der Waals surface area contributed by atoms with Crippen LogP contribution in [0.2, 0.25) is 0 Å². The second kappa shape index (κ2) is 9.32. The van der Waals surface area contributed by atoms with E-state index in [9.17, 15) is 18.0 Å². The van der Waals surface area contributed by atoms with Gasteiger partial charge in [0.15, 0.2) is 0 Å². The number of ether oxygens (including phenoxy) is 1. The summed E-state index contributed by atoms with van der Waals surface area (Å²) in [5.41, 5.74) is 0.463. The molecular weight excluding hydrogens is 458 g/mol. The molecule has 34 heavy (non-hydrogen) atoms. The van der Waals surface area contributed by atoms with Crippen molar-refractivity contribution in [2.75, 3.05) is 26.7 Å². The number of amides is 2. The molecule has 2 fully saturated rings. The second-order valence-electron chi connectivity index (χ2n) is 8.74. The van der Waals surface area contributed by atoms with Crippen LogP contribution < -0.4 is 16.5 Å². The Bertz CT molecular complexity index is 1240. The predicted octanol–water partition coefficient (Wildman–Crippen LogP) is 0.348. The molecule has 182 valence electrons. The molecule has 2 unspecified atom stereocenters. The molecule has 10 nitrogen and oxygen atoms in total. The first-order chi connectivity index (χ1) is 16.2. The maximum Gasteiger partial charge on any atom is 0.255 e. The fourth-order valence-corrected chi connectivity index (χ4v) is 5.75. The fourth-order valence-electron chi connectivity index (χ4n) is 4.04. The van der Waals surface area contributed by atoms with Crippen molar-refractivity contribution in [2.24, 2.45) is 10.9 Å². The zero-order valence-corrected chi connectivity index (χ0v) is 20.0. The van der Waals surface area contributed by atoms with Gasteiger partial charge in [-0.15, -0.1) is 0 Å². The van der Waals surface area contributed by atoms with E-state index >= 15 is 0 Å². The van der Waals surface area contributed by atoms with E-state index in [4.69, 9.17) is 10.6 Å². The van der Waals surface area contributed by atoms with Crippen LogP contribution >= 0.6 is 0 Å². The minimum Gasteiger partial charge on any atom is -0.356 e. The number of likely N-dealkylation sites (N-methyl/N-ethyl adjacent to an activating group) is 1. The minimum atomic E-state index is -4.51. The third kappa shape index (κ3) is 4.26. The lowest BCUT2D eigenvalue weighted by Crippen LogP contribution is -2.63. The van der Waals surface area contributed by atoms with Crippen molar-refractivity contribution in [1.29, 1.82) is 0 Å². The van der Waals surface area contributed by atoms with Crippen molar-refractivity contribution < 1.29 is 22.7 Å². The van der Waals surface area contributed by atoms with E-state index in [0.29, 0.717) is 30.6 Å². The topological polar surface area (TPSA) is 143 Å². The predicted molar refractivity (Wildman–Crippen MR) is 128 cm³/mol. The summed E-state index contributed by atoms with van der Waals surface area (Å²) in [7, 11) is -3.07. The molecule has 2 amide bonds. The van der Waals surface area contributed by atoms with Crippen LogP contribution in [-0.2, 0) is 24.2 Å². The Kier molecular flexibility index (Phi) is 6.61. The molecule has 0 aromatic heterocycles. The number of fused-ring (bicyclic) bond motifs is 1. The lowest BCUT2D eigenvalue weighted by molar-refractivity contribution is -0.150. The molecule has 2 aromatic carbocycles. The number of morpholine rings is 1. The summed E-state index contributed by atoms with van der Waals surface area (Å²) in [4.78, 5) is 28.2. The largest absolute Gasteiger partial charge is 0.356 e. The van der Waals surface area contributed by atoms with Gasteiger partial charge in [-0.1, -0.05) is 24.3 Å². The minimum absolute atomic E-state index is 0.135. The number of nitrogens with two attached hydrogens (primary N) is 1. The van der Waals surface area contributed by atoms with Gasteiger partial charge in [0.2, 0.25) is 14.6 Å². The average Bonchev–Trinajstić information content (AvgIpc) is 3.67. The number of benzene rings is 2. The first-order valence-electron chi connectivity index (χ1n) is 11.1. The summed E-state index contributed by atoms with van der Waals surface area (Å²) >= 11 is 0.